The highest BCUT2D eigenvalue weighted by molar-refractivity contribution is 5.98. The number of nitrogens with zero attached hydrogens (tertiary/aromatic N) is 1. The van der Waals surface area contributed by atoms with Gasteiger partial charge in [-0.05, 0) is 12.0 Å². The summed E-state index contributed by atoms with van der Waals surface area (Å²) in [6, 6.07) is 4.13. The van der Waals surface area contributed by atoms with Gasteiger partial charge in [-0.3, -0.25) is 14.9 Å². The fourth-order valence-corrected chi connectivity index (χ4v) is 1.66. The molecule has 1 N–H and O–H groups in total. The van der Waals surface area contributed by atoms with Gasteiger partial charge in [0.1, 0.15) is 0 Å². The van der Waals surface area contributed by atoms with E-state index in [0.717, 1.165) is 0 Å². The molecule has 1 aromatic rings. The molecule has 90 valence electrons. The molecule has 0 aromatic heterocycles. The summed E-state index contributed by atoms with van der Waals surface area (Å²) in [5, 5.41) is 13.3. The van der Waals surface area contributed by atoms with Crippen molar-refractivity contribution < 1.29 is 14.5 Å². The number of fused-ring (bicyclic) bond motifs is 1. The van der Waals surface area contributed by atoms with Gasteiger partial charge < -0.3 is 10.1 Å². The summed E-state index contributed by atoms with van der Waals surface area (Å²) in [7, 11) is 0. The largest absolute Gasteiger partial charge is 0.478 e. The third-order valence-electron chi connectivity index (χ3n) is 2.55. The highest BCUT2D eigenvalue weighted by atomic mass is 16.6. The molecule has 6 nitrogen and oxygen atoms in total. The van der Waals surface area contributed by atoms with Crippen molar-refractivity contribution in [3.05, 3.63) is 28.3 Å². The molecule has 17 heavy (non-hydrogen) atoms. The number of nitrogens with one attached hydrogen (secondary N) is 1. The van der Waals surface area contributed by atoms with E-state index < -0.39 is 11.0 Å². The summed E-state index contributed by atoms with van der Waals surface area (Å²) in [5.74, 6) is 0.126. The number of hydrogen-bond acceptors (Lipinski definition) is 4. The number of carbonyl (C=O) groups is 1. The Hall–Kier alpha value is -2.11. The van der Waals surface area contributed by atoms with Gasteiger partial charge in [0.2, 0.25) is 0 Å². The predicted octanol–water partition coefficient (Wildman–Crippen LogP) is 1.95. The van der Waals surface area contributed by atoms with E-state index in [0.29, 0.717) is 11.4 Å². The van der Waals surface area contributed by atoms with E-state index in [2.05, 4.69) is 5.32 Å². The van der Waals surface area contributed by atoms with Crippen molar-refractivity contribution in [3.63, 3.8) is 0 Å². The first-order valence-electron chi connectivity index (χ1n) is 5.25. The Balaban J connectivity index is 2.37. The average Bonchev–Trinajstić information content (AvgIpc) is 2.27. The lowest BCUT2D eigenvalue weighted by atomic mass is 10.0. The number of benzene rings is 1. The van der Waals surface area contributed by atoms with Crippen LogP contribution in [0, 0.1) is 16.0 Å². The van der Waals surface area contributed by atoms with E-state index in [4.69, 9.17) is 4.74 Å². The molecule has 1 aliphatic heterocycles. The fraction of sp³-hybridized carbons (Fsp3) is 0.364. The van der Waals surface area contributed by atoms with Gasteiger partial charge in [-0.1, -0.05) is 13.8 Å². The normalized spacial score (nSPS) is 18.3. The number of nitro benzene ring substituents is 1. The third-order valence-corrected chi connectivity index (χ3v) is 2.55. The lowest BCUT2D eigenvalue weighted by Crippen LogP contribution is -2.40. The lowest BCUT2D eigenvalue weighted by Gasteiger charge is -2.27. The van der Waals surface area contributed by atoms with E-state index in [1.165, 1.54) is 18.2 Å². The number of amides is 1. The second kappa shape index (κ2) is 4.04. The van der Waals surface area contributed by atoms with Gasteiger partial charge in [0.05, 0.1) is 16.7 Å². The molecule has 0 saturated heterocycles. The third kappa shape index (κ3) is 2.06. The average molecular weight is 236 g/mol. The van der Waals surface area contributed by atoms with Crippen LogP contribution < -0.4 is 10.1 Å². The molecule has 1 aliphatic rings. The molecule has 0 bridgehead atoms. The summed E-state index contributed by atoms with van der Waals surface area (Å²) in [6.45, 7) is 3.71. The highest BCUT2D eigenvalue weighted by Crippen LogP contribution is 2.34. The van der Waals surface area contributed by atoms with Crippen LogP contribution in [0.25, 0.3) is 0 Å². The van der Waals surface area contributed by atoms with E-state index in [1.807, 2.05) is 13.8 Å². The van der Waals surface area contributed by atoms with Crippen molar-refractivity contribution in [1.29, 1.82) is 0 Å². The molecular weight excluding hydrogens is 224 g/mol. The Morgan fingerprint density at radius 2 is 2.18 bits per heavy atom. The van der Waals surface area contributed by atoms with Crippen molar-refractivity contribution in [2.45, 2.75) is 20.0 Å². The highest BCUT2D eigenvalue weighted by Gasteiger charge is 2.31. The second-order valence-corrected chi connectivity index (χ2v) is 4.21. The molecular formula is C11H12N2O4. The number of nitro groups is 1. The molecule has 1 heterocycles. The van der Waals surface area contributed by atoms with Crippen LogP contribution in [-0.2, 0) is 4.79 Å². The number of anilines is 1. The molecule has 0 fully saturated rings. The smallest absolute Gasteiger partial charge is 0.273 e. The van der Waals surface area contributed by atoms with Crippen LogP contribution >= 0.6 is 0 Å². The lowest BCUT2D eigenvalue weighted by molar-refractivity contribution is -0.384. The molecule has 6 heteroatoms. The minimum Gasteiger partial charge on any atom is -0.478 e. The Labute approximate surface area is 97.7 Å². The first-order chi connectivity index (χ1) is 7.99. The van der Waals surface area contributed by atoms with Crippen LogP contribution in [0.3, 0.4) is 0 Å². The molecule has 0 spiro atoms. The van der Waals surface area contributed by atoms with Crippen molar-refractivity contribution in [1.82, 2.24) is 0 Å². The van der Waals surface area contributed by atoms with Gasteiger partial charge in [0.15, 0.2) is 11.9 Å². The monoisotopic (exact) mass is 236 g/mol. The van der Waals surface area contributed by atoms with E-state index in [9.17, 15) is 14.9 Å². The van der Waals surface area contributed by atoms with E-state index in [-0.39, 0.29) is 17.5 Å². The Morgan fingerprint density at radius 3 is 2.76 bits per heavy atom. The summed E-state index contributed by atoms with van der Waals surface area (Å²) >= 11 is 0. The number of hydrogen-bond donors (Lipinski definition) is 1. The molecule has 0 radical (unpaired) electrons. The van der Waals surface area contributed by atoms with Crippen LogP contribution in [-0.4, -0.2) is 16.9 Å². The van der Waals surface area contributed by atoms with Crippen molar-refractivity contribution >= 4 is 17.3 Å². The van der Waals surface area contributed by atoms with Gasteiger partial charge in [0.25, 0.3) is 11.6 Å². The van der Waals surface area contributed by atoms with Crippen LogP contribution in [0.15, 0.2) is 18.2 Å². The Bertz CT molecular complexity index is 484. The first kappa shape index (κ1) is 11.4. The molecule has 2 rings (SSSR count). The maximum absolute atomic E-state index is 11.6. The standard InChI is InChI=1S/C11H12N2O4/c1-6(2)10-11(14)12-8-4-3-7(13(15)16)5-9(8)17-10/h3-6,10H,1-2H3,(H,12,14)/t10-/m0/s1. The summed E-state index contributed by atoms with van der Waals surface area (Å²) in [4.78, 5) is 21.8. The van der Waals surface area contributed by atoms with Crippen LogP contribution in [0.2, 0.25) is 0 Å². The maximum atomic E-state index is 11.6. The van der Waals surface area contributed by atoms with Gasteiger partial charge in [-0.15, -0.1) is 0 Å². The second-order valence-electron chi connectivity index (χ2n) is 4.21. The molecule has 0 unspecified atom stereocenters. The van der Waals surface area contributed by atoms with E-state index in [1.54, 1.807) is 0 Å². The number of rotatable bonds is 2. The van der Waals surface area contributed by atoms with Gasteiger partial charge >= 0.3 is 0 Å². The van der Waals surface area contributed by atoms with Crippen molar-refractivity contribution in [3.8, 4) is 5.75 Å². The zero-order chi connectivity index (χ0) is 12.6. The minimum atomic E-state index is -0.607. The van der Waals surface area contributed by atoms with Gasteiger partial charge in [0, 0.05) is 6.07 Å². The summed E-state index contributed by atoms with van der Waals surface area (Å²) < 4.78 is 5.48. The van der Waals surface area contributed by atoms with Crippen LogP contribution in [0.4, 0.5) is 11.4 Å². The minimum absolute atomic E-state index is 0.00223. The Morgan fingerprint density at radius 1 is 1.47 bits per heavy atom. The number of non-ortho nitro benzene ring substituents is 1. The quantitative estimate of drug-likeness (QED) is 0.628. The number of ether oxygens (including phenoxy) is 1. The van der Waals surface area contributed by atoms with Crippen molar-refractivity contribution in [2.24, 2.45) is 5.92 Å². The zero-order valence-electron chi connectivity index (χ0n) is 9.47. The van der Waals surface area contributed by atoms with Gasteiger partial charge in [-0.2, -0.15) is 0 Å². The molecule has 0 aliphatic carbocycles. The maximum Gasteiger partial charge on any atom is 0.273 e. The molecule has 1 aromatic carbocycles. The molecule has 1 amide bonds. The number of carbonyl (C=O) groups excluding carboxylic acids is 1. The molecule has 1 atom stereocenters. The topological polar surface area (TPSA) is 81.5 Å². The zero-order valence-corrected chi connectivity index (χ0v) is 9.47. The van der Waals surface area contributed by atoms with Crippen LogP contribution in [0.5, 0.6) is 5.75 Å². The summed E-state index contributed by atoms with van der Waals surface area (Å²) in [6.07, 6.45) is -0.607. The van der Waals surface area contributed by atoms with Gasteiger partial charge in [-0.25, -0.2) is 0 Å². The Kier molecular flexibility index (Phi) is 2.71. The molecule has 0 saturated carbocycles. The fourth-order valence-electron chi connectivity index (χ4n) is 1.66. The summed E-state index contributed by atoms with van der Waals surface area (Å²) in [5.41, 5.74) is 0.417. The SMILES string of the molecule is CC(C)[C@@H]1Oc2cc([N+](=O)[O-])ccc2NC1=O. The van der Waals surface area contributed by atoms with Crippen molar-refractivity contribution in [2.75, 3.05) is 5.32 Å². The van der Waals surface area contributed by atoms with E-state index >= 15 is 0 Å². The van der Waals surface area contributed by atoms with Crippen LogP contribution in [0.1, 0.15) is 13.8 Å². The predicted molar refractivity (Wildman–Crippen MR) is 61.0 cm³/mol. The first-order valence-corrected chi connectivity index (χ1v) is 5.25.